The molecule has 1 aliphatic heterocycles. The Labute approximate surface area is 118 Å². The minimum atomic E-state index is 0.161. The molecule has 2 N–H and O–H groups in total. The van der Waals surface area contributed by atoms with Crippen LogP contribution in [0.5, 0.6) is 0 Å². The van der Waals surface area contributed by atoms with Crippen molar-refractivity contribution in [1.29, 1.82) is 0 Å². The van der Waals surface area contributed by atoms with Crippen molar-refractivity contribution in [2.24, 2.45) is 5.73 Å². The van der Waals surface area contributed by atoms with Gasteiger partial charge in [0.05, 0.1) is 12.7 Å². The molecule has 0 unspecified atom stereocenters. The number of thioether (sulfide) groups is 1. The first kappa shape index (κ1) is 14.7. The smallest absolute Gasteiger partial charge is 0.187 e. The van der Waals surface area contributed by atoms with Crippen molar-refractivity contribution in [2.75, 3.05) is 32.0 Å². The lowest BCUT2D eigenvalue weighted by atomic mass is 10.2. The van der Waals surface area contributed by atoms with Crippen LogP contribution < -0.4 is 5.73 Å². The van der Waals surface area contributed by atoms with Crippen molar-refractivity contribution in [3.8, 4) is 0 Å². The third kappa shape index (κ3) is 4.72. The molecular weight excluding hydrogens is 260 g/mol. The number of aromatic nitrogens is 2. The fourth-order valence-electron chi connectivity index (χ4n) is 2.02. The summed E-state index contributed by atoms with van der Waals surface area (Å²) in [6.07, 6.45) is 5.16. The van der Waals surface area contributed by atoms with Crippen LogP contribution in [-0.2, 0) is 11.3 Å². The highest BCUT2D eigenvalue weighted by molar-refractivity contribution is 7.99. The van der Waals surface area contributed by atoms with Crippen molar-refractivity contribution < 1.29 is 4.74 Å². The Morgan fingerprint density at radius 1 is 1.47 bits per heavy atom. The molecule has 106 valence electrons. The molecule has 19 heavy (non-hydrogen) atoms. The van der Waals surface area contributed by atoms with Crippen LogP contribution in [0.3, 0.4) is 0 Å². The predicted molar refractivity (Wildman–Crippen MR) is 77.1 cm³/mol. The summed E-state index contributed by atoms with van der Waals surface area (Å²) in [6.45, 7) is 6.21. The highest BCUT2D eigenvalue weighted by atomic mass is 32.2. The first-order valence-electron chi connectivity index (χ1n) is 6.79. The third-order valence-corrected chi connectivity index (χ3v) is 4.09. The van der Waals surface area contributed by atoms with E-state index in [0.717, 1.165) is 49.1 Å². The van der Waals surface area contributed by atoms with Crippen LogP contribution in [0.4, 0.5) is 0 Å². The third-order valence-electron chi connectivity index (χ3n) is 3.01. The quantitative estimate of drug-likeness (QED) is 0.623. The summed E-state index contributed by atoms with van der Waals surface area (Å²) < 4.78 is 5.56. The van der Waals surface area contributed by atoms with E-state index >= 15 is 0 Å². The Morgan fingerprint density at radius 2 is 2.26 bits per heavy atom. The van der Waals surface area contributed by atoms with Gasteiger partial charge in [0.15, 0.2) is 5.16 Å². The zero-order valence-electron chi connectivity index (χ0n) is 11.4. The maximum atomic E-state index is 5.65. The van der Waals surface area contributed by atoms with Gasteiger partial charge in [-0.3, -0.25) is 4.90 Å². The number of ether oxygens (including phenoxy) is 1. The first-order valence-corrected chi connectivity index (χ1v) is 7.78. The van der Waals surface area contributed by atoms with Gasteiger partial charge in [0.2, 0.25) is 0 Å². The number of nitrogens with two attached hydrogens (primary N) is 1. The van der Waals surface area contributed by atoms with E-state index in [1.807, 2.05) is 12.4 Å². The predicted octanol–water partition coefficient (Wildman–Crippen LogP) is 1.14. The highest BCUT2D eigenvalue weighted by Gasteiger charge is 2.19. The van der Waals surface area contributed by atoms with Gasteiger partial charge in [-0.15, -0.1) is 0 Å². The standard InChI is InChI=1S/C13H22N4OS/c1-2-5-19-13-15-7-11(8-16-13)9-17-3-4-18-12(6-14)10-17/h7-8,12H,2-6,9-10,14H2,1H3/t12-/m1/s1. The zero-order chi connectivity index (χ0) is 13.5. The van der Waals surface area contributed by atoms with Crippen molar-refractivity contribution in [3.05, 3.63) is 18.0 Å². The molecule has 1 fully saturated rings. The Morgan fingerprint density at radius 3 is 2.95 bits per heavy atom. The molecule has 0 aliphatic carbocycles. The number of morpholine rings is 1. The molecule has 0 radical (unpaired) electrons. The van der Waals surface area contributed by atoms with Crippen LogP contribution in [0.15, 0.2) is 17.6 Å². The van der Waals surface area contributed by atoms with Crippen LogP contribution in [0.2, 0.25) is 0 Å². The second kappa shape index (κ2) is 7.79. The molecule has 1 aliphatic rings. The molecule has 0 spiro atoms. The number of rotatable bonds is 6. The van der Waals surface area contributed by atoms with Gasteiger partial charge in [0, 0.05) is 49.9 Å². The summed E-state index contributed by atoms with van der Waals surface area (Å²) in [6, 6.07) is 0. The van der Waals surface area contributed by atoms with Gasteiger partial charge in [-0.1, -0.05) is 18.7 Å². The summed E-state index contributed by atoms with van der Waals surface area (Å²) in [5, 5.41) is 0.868. The number of hydrogen-bond acceptors (Lipinski definition) is 6. The fourth-order valence-corrected chi connectivity index (χ4v) is 2.66. The molecule has 1 atom stereocenters. The lowest BCUT2D eigenvalue weighted by molar-refractivity contribution is -0.0261. The molecule has 0 saturated carbocycles. The van der Waals surface area contributed by atoms with Crippen molar-refractivity contribution in [3.63, 3.8) is 0 Å². The normalized spacial score (nSPS) is 20.6. The van der Waals surface area contributed by atoms with Gasteiger partial charge in [0.25, 0.3) is 0 Å². The molecule has 0 bridgehead atoms. The summed E-state index contributed by atoms with van der Waals surface area (Å²) in [4.78, 5) is 11.1. The van der Waals surface area contributed by atoms with E-state index in [9.17, 15) is 0 Å². The van der Waals surface area contributed by atoms with Crippen LogP contribution in [0.25, 0.3) is 0 Å². The van der Waals surface area contributed by atoms with Crippen LogP contribution >= 0.6 is 11.8 Å². The van der Waals surface area contributed by atoms with Crippen molar-refractivity contribution in [2.45, 2.75) is 31.1 Å². The molecule has 5 nitrogen and oxygen atoms in total. The lowest BCUT2D eigenvalue weighted by Crippen LogP contribution is -2.45. The summed E-state index contributed by atoms with van der Waals surface area (Å²) in [5.74, 6) is 1.07. The van der Waals surface area contributed by atoms with Crippen molar-refractivity contribution >= 4 is 11.8 Å². The highest BCUT2D eigenvalue weighted by Crippen LogP contribution is 2.14. The van der Waals surface area contributed by atoms with Gasteiger partial charge >= 0.3 is 0 Å². The molecule has 1 saturated heterocycles. The Kier molecular flexibility index (Phi) is 6.03. The van der Waals surface area contributed by atoms with E-state index in [1.54, 1.807) is 11.8 Å². The Bertz CT molecular complexity index is 373. The molecule has 6 heteroatoms. The molecule has 1 aromatic rings. The van der Waals surface area contributed by atoms with E-state index in [2.05, 4.69) is 21.8 Å². The van der Waals surface area contributed by atoms with Crippen LogP contribution in [0, 0.1) is 0 Å². The largest absolute Gasteiger partial charge is 0.374 e. The van der Waals surface area contributed by atoms with Gasteiger partial charge in [-0.25, -0.2) is 9.97 Å². The van der Waals surface area contributed by atoms with E-state index in [4.69, 9.17) is 10.5 Å². The molecule has 1 aromatic heterocycles. The summed E-state index contributed by atoms with van der Waals surface area (Å²) in [5.41, 5.74) is 6.80. The van der Waals surface area contributed by atoms with Crippen molar-refractivity contribution in [1.82, 2.24) is 14.9 Å². The number of nitrogens with zero attached hydrogens (tertiary/aromatic N) is 3. The molecule has 0 aromatic carbocycles. The minimum absolute atomic E-state index is 0.161. The van der Waals surface area contributed by atoms with Gasteiger partial charge in [-0.05, 0) is 6.42 Å². The molecule has 2 heterocycles. The summed E-state index contributed by atoms with van der Waals surface area (Å²) >= 11 is 1.71. The van der Waals surface area contributed by atoms with E-state index < -0.39 is 0 Å². The lowest BCUT2D eigenvalue weighted by Gasteiger charge is -2.32. The van der Waals surface area contributed by atoms with E-state index in [0.29, 0.717) is 6.54 Å². The van der Waals surface area contributed by atoms with Gasteiger partial charge < -0.3 is 10.5 Å². The Balaban J connectivity index is 1.85. The van der Waals surface area contributed by atoms with Gasteiger partial charge in [-0.2, -0.15) is 0 Å². The van der Waals surface area contributed by atoms with Gasteiger partial charge in [0.1, 0.15) is 0 Å². The average molecular weight is 282 g/mol. The SMILES string of the molecule is CCCSc1ncc(CN2CCO[C@H](CN)C2)cn1. The molecular formula is C13H22N4OS. The molecule has 0 amide bonds. The van der Waals surface area contributed by atoms with E-state index in [1.165, 1.54) is 0 Å². The minimum Gasteiger partial charge on any atom is -0.374 e. The maximum Gasteiger partial charge on any atom is 0.187 e. The zero-order valence-corrected chi connectivity index (χ0v) is 12.2. The fraction of sp³-hybridized carbons (Fsp3) is 0.692. The average Bonchev–Trinajstić information content (AvgIpc) is 2.47. The summed E-state index contributed by atoms with van der Waals surface area (Å²) in [7, 11) is 0. The maximum absolute atomic E-state index is 5.65. The van der Waals surface area contributed by atoms with Crippen LogP contribution in [-0.4, -0.2) is 53.0 Å². The first-order chi connectivity index (χ1) is 9.31. The topological polar surface area (TPSA) is 64.3 Å². The van der Waals surface area contributed by atoms with Crippen LogP contribution in [0.1, 0.15) is 18.9 Å². The molecule has 2 rings (SSSR count). The monoisotopic (exact) mass is 282 g/mol. The second-order valence-electron chi connectivity index (χ2n) is 4.69. The number of hydrogen-bond donors (Lipinski definition) is 1. The van der Waals surface area contributed by atoms with E-state index in [-0.39, 0.29) is 6.10 Å². The second-order valence-corrected chi connectivity index (χ2v) is 5.75. The Hall–Kier alpha value is -0.690.